The molecule has 0 aliphatic heterocycles. The van der Waals surface area contributed by atoms with Crippen LogP contribution in [0.15, 0.2) is 47.7 Å². The smallest absolute Gasteiger partial charge is 0.191 e. The molecule has 2 N–H and O–H groups in total. The lowest BCUT2D eigenvalue weighted by Crippen LogP contribution is -2.41. The highest BCUT2D eigenvalue weighted by Gasteiger charge is 2.45. The molecule has 1 aliphatic rings. The summed E-state index contributed by atoms with van der Waals surface area (Å²) in [5.74, 6) is 0.673. The molecule has 1 aromatic heterocycles. The second-order valence-corrected chi connectivity index (χ2v) is 6.49. The third-order valence-electron chi connectivity index (χ3n) is 4.55. The van der Waals surface area contributed by atoms with Gasteiger partial charge in [0.2, 0.25) is 0 Å². The Morgan fingerprint density at radius 2 is 2.04 bits per heavy atom. The van der Waals surface area contributed by atoms with Gasteiger partial charge in [-0.25, -0.2) is 9.38 Å². The minimum Gasteiger partial charge on any atom is -0.357 e. The molecule has 4 nitrogen and oxygen atoms in total. The first-order valence-electron chi connectivity index (χ1n) is 8.51. The highest BCUT2D eigenvalue weighted by atomic mass is 19.1. The Hall–Kier alpha value is -2.30. The zero-order valence-electron chi connectivity index (χ0n) is 14.3. The van der Waals surface area contributed by atoms with Crippen LogP contribution in [0.5, 0.6) is 0 Å². The van der Waals surface area contributed by atoms with Crippen LogP contribution in [0.3, 0.4) is 0 Å². The second-order valence-electron chi connectivity index (χ2n) is 6.49. The van der Waals surface area contributed by atoms with Gasteiger partial charge in [-0.2, -0.15) is 0 Å². The van der Waals surface area contributed by atoms with Gasteiger partial charge >= 0.3 is 0 Å². The first-order valence-corrected chi connectivity index (χ1v) is 8.51. The molecule has 1 saturated carbocycles. The standard InChI is InChI=1S/C19H25FN4/c1-3-21-18(22-12-15-8-11-24(2)13-15)23-14-19(9-10-19)16-6-4-5-7-17(16)20/h4-8,11,13H,3,9-10,12,14H2,1-2H3,(H2,21,22,23). The van der Waals surface area contributed by atoms with E-state index in [0.29, 0.717) is 13.1 Å². The van der Waals surface area contributed by atoms with Crippen molar-refractivity contribution in [1.82, 2.24) is 15.2 Å². The van der Waals surface area contributed by atoms with Crippen LogP contribution >= 0.6 is 0 Å². The first-order chi connectivity index (χ1) is 11.6. The fourth-order valence-electron chi connectivity index (χ4n) is 3.00. The van der Waals surface area contributed by atoms with Crippen molar-refractivity contribution in [3.8, 4) is 0 Å². The van der Waals surface area contributed by atoms with E-state index in [1.807, 2.05) is 36.9 Å². The van der Waals surface area contributed by atoms with Crippen molar-refractivity contribution in [3.05, 3.63) is 59.7 Å². The van der Waals surface area contributed by atoms with Crippen molar-refractivity contribution in [2.45, 2.75) is 31.7 Å². The van der Waals surface area contributed by atoms with Crippen LogP contribution in [0.2, 0.25) is 0 Å². The molecule has 3 rings (SSSR count). The lowest BCUT2D eigenvalue weighted by Gasteiger charge is -2.19. The minimum atomic E-state index is -0.108. The molecule has 1 fully saturated rings. The monoisotopic (exact) mass is 328 g/mol. The number of nitrogens with one attached hydrogen (secondary N) is 2. The van der Waals surface area contributed by atoms with Crippen LogP contribution in [-0.4, -0.2) is 23.6 Å². The van der Waals surface area contributed by atoms with Crippen molar-refractivity contribution in [3.63, 3.8) is 0 Å². The maximum absolute atomic E-state index is 14.1. The van der Waals surface area contributed by atoms with Gasteiger partial charge in [0.05, 0.1) is 6.54 Å². The molecule has 0 bridgehead atoms. The lowest BCUT2D eigenvalue weighted by molar-refractivity contribution is 0.559. The van der Waals surface area contributed by atoms with Crippen LogP contribution < -0.4 is 10.6 Å². The molecule has 0 spiro atoms. The summed E-state index contributed by atoms with van der Waals surface area (Å²) in [7, 11) is 2.00. The number of halogens is 1. The molecule has 24 heavy (non-hydrogen) atoms. The summed E-state index contributed by atoms with van der Waals surface area (Å²) in [5, 5.41) is 6.66. The van der Waals surface area contributed by atoms with Crippen LogP contribution in [0.25, 0.3) is 0 Å². The molecule has 0 amide bonds. The largest absolute Gasteiger partial charge is 0.357 e. The summed E-state index contributed by atoms with van der Waals surface area (Å²) in [6.07, 6.45) is 6.11. The lowest BCUT2D eigenvalue weighted by atomic mass is 9.95. The maximum atomic E-state index is 14.1. The molecule has 1 aromatic carbocycles. The summed E-state index contributed by atoms with van der Waals surface area (Å²) in [4.78, 5) is 4.63. The SMILES string of the molecule is CCNC(=NCc1ccn(C)c1)NCC1(c2ccccc2F)CC1. The van der Waals surface area contributed by atoms with E-state index < -0.39 is 0 Å². The van der Waals surface area contributed by atoms with Crippen LogP contribution in [0.4, 0.5) is 4.39 Å². The van der Waals surface area contributed by atoms with E-state index in [1.165, 1.54) is 5.56 Å². The Morgan fingerprint density at radius 3 is 2.67 bits per heavy atom. The Balaban J connectivity index is 1.65. The highest BCUT2D eigenvalue weighted by molar-refractivity contribution is 5.80. The normalized spacial score (nSPS) is 16.0. The van der Waals surface area contributed by atoms with E-state index in [2.05, 4.69) is 27.9 Å². The van der Waals surface area contributed by atoms with E-state index in [0.717, 1.165) is 30.9 Å². The zero-order valence-corrected chi connectivity index (χ0v) is 14.3. The van der Waals surface area contributed by atoms with Gasteiger partial charge in [0.1, 0.15) is 5.82 Å². The second kappa shape index (κ2) is 7.07. The Bertz CT molecular complexity index is 716. The van der Waals surface area contributed by atoms with Gasteiger partial charge in [-0.05, 0) is 43.0 Å². The first kappa shape index (κ1) is 16.6. The van der Waals surface area contributed by atoms with Crippen molar-refractivity contribution in [2.24, 2.45) is 12.0 Å². The molecule has 1 heterocycles. The number of hydrogen-bond acceptors (Lipinski definition) is 1. The number of hydrogen-bond donors (Lipinski definition) is 2. The summed E-state index contributed by atoms with van der Waals surface area (Å²) < 4.78 is 16.1. The molecule has 0 atom stereocenters. The highest BCUT2D eigenvalue weighted by Crippen LogP contribution is 2.48. The van der Waals surface area contributed by atoms with Gasteiger partial charge in [-0.15, -0.1) is 0 Å². The quantitative estimate of drug-likeness (QED) is 0.632. The molecule has 128 valence electrons. The van der Waals surface area contributed by atoms with Gasteiger partial charge in [-0.3, -0.25) is 0 Å². The number of aliphatic imine (C=N–C) groups is 1. The zero-order chi connectivity index (χ0) is 17.0. The van der Waals surface area contributed by atoms with E-state index in [9.17, 15) is 4.39 Å². The average molecular weight is 328 g/mol. The van der Waals surface area contributed by atoms with E-state index in [1.54, 1.807) is 12.1 Å². The van der Waals surface area contributed by atoms with Gasteiger partial charge < -0.3 is 15.2 Å². The van der Waals surface area contributed by atoms with E-state index in [-0.39, 0.29) is 11.2 Å². The average Bonchev–Trinajstić information content (AvgIpc) is 3.25. The van der Waals surface area contributed by atoms with Crippen molar-refractivity contribution in [1.29, 1.82) is 0 Å². The number of benzene rings is 1. The summed E-state index contributed by atoms with van der Waals surface area (Å²) in [6.45, 7) is 4.17. The topological polar surface area (TPSA) is 41.4 Å². The summed E-state index contributed by atoms with van der Waals surface area (Å²) in [5.41, 5.74) is 1.90. The fourth-order valence-corrected chi connectivity index (χ4v) is 3.00. The third-order valence-corrected chi connectivity index (χ3v) is 4.55. The Labute approximate surface area is 142 Å². The third kappa shape index (κ3) is 3.78. The predicted octanol–water partition coefficient (Wildman–Crippen LogP) is 2.95. The Morgan fingerprint density at radius 1 is 1.25 bits per heavy atom. The van der Waals surface area contributed by atoms with Gasteiger partial charge in [-0.1, -0.05) is 18.2 Å². The maximum Gasteiger partial charge on any atom is 0.191 e. The molecule has 0 radical (unpaired) electrons. The summed E-state index contributed by atoms with van der Waals surface area (Å²) in [6, 6.07) is 9.16. The predicted molar refractivity (Wildman–Crippen MR) is 95.5 cm³/mol. The van der Waals surface area contributed by atoms with Crippen LogP contribution in [0, 0.1) is 5.82 Å². The summed E-state index contributed by atoms with van der Waals surface area (Å²) >= 11 is 0. The van der Waals surface area contributed by atoms with E-state index in [4.69, 9.17) is 0 Å². The molecule has 0 unspecified atom stereocenters. The van der Waals surface area contributed by atoms with Gasteiger partial charge in [0.15, 0.2) is 5.96 Å². The number of rotatable bonds is 6. The van der Waals surface area contributed by atoms with Crippen LogP contribution in [0.1, 0.15) is 30.9 Å². The number of aromatic nitrogens is 1. The van der Waals surface area contributed by atoms with Gasteiger partial charge in [0, 0.05) is 37.9 Å². The van der Waals surface area contributed by atoms with Gasteiger partial charge in [0.25, 0.3) is 0 Å². The van der Waals surface area contributed by atoms with Crippen molar-refractivity contribution < 1.29 is 4.39 Å². The molecule has 0 saturated heterocycles. The van der Waals surface area contributed by atoms with Crippen LogP contribution in [-0.2, 0) is 19.0 Å². The molecular weight excluding hydrogens is 303 g/mol. The number of nitrogens with zero attached hydrogens (tertiary/aromatic N) is 2. The molecular formula is C19H25FN4. The van der Waals surface area contributed by atoms with Crippen molar-refractivity contribution >= 4 is 5.96 Å². The number of guanidine groups is 1. The Kier molecular flexibility index (Phi) is 4.88. The molecule has 1 aliphatic carbocycles. The fraction of sp³-hybridized carbons (Fsp3) is 0.421. The molecule has 2 aromatic rings. The van der Waals surface area contributed by atoms with Crippen molar-refractivity contribution in [2.75, 3.05) is 13.1 Å². The number of aryl methyl sites for hydroxylation is 1. The minimum absolute atomic E-state index is 0.0890. The van der Waals surface area contributed by atoms with E-state index >= 15 is 0 Å². The molecule has 5 heteroatoms.